The van der Waals surface area contributed by atoms with E-state index >= 15 is 0 Å². The number of carbonyl (C=O) groups is 1. The van der Waals surface area contributed by atoms with Crippen LogP contribution >= 0.6 is 0 Å². The van der Waals surface area contributed by atoms with Gasteiger partial charge >= 0.3 is 6.03 Å². The van der Waals surface area contributed by atoms with Gasteiger partial charge < -0.3 is 19.4 Å². The fourth-order valence-corrected chi connectivity index (χ4v) is 4.22. The van der Waals surface area contributed by atoms with Crippen molar-refractivity contribution in [3.05, 3.63) is 24.2 Å². The van der Waals surface area contributed by atoms with Gasteiger partial charge in [0.1, 0.15) is 5.76 Å². The Kier molecular flexibility index (Phi) is 4.03. The molecule has 0 unspecified atom stereocenters. The predicted octanol–water partition coefficient (Wildman–Crippen LogP) is 1.53. The Morgan fingerprint density at radius 2 is 2.26 bits per heavy atom. The molecule has 6 nitrogen and oxygen atoms in total. The molecular weight excluding hydrogens is 294 g/mol. The minimum atomic E-state index is 0.0575. The lowest BCUT2D eigenvalue weighted by Crippen LogP contribution is -2.47. The lowest BCUT2D eigenvalue weighted by Gasteiger charge is -2.28. The highest BCUT2D eigenvalue weighted by Crippen LogP contribution is 2.41. The van der Waals surface area contributed by atoms with Crippen LogP contribution in [0, 0.1) is 11.3 Å². The average molecular weight is 319 g/mol. The first-order chi connectivity index (χ1) is 11.3. The second-order valence-electron chi connectivity index (χ2n) is 7.18. The molecule has 0 bridgehead atoms. The summed E-state index contributed by atoms with van der Waals surface area (Å²) in [7, 11) is 0. The summed E-state index contributed by atoms with van der Waals surface area (Å²) in [6, 6.07) is 4.04. The topological polar surface area (TPSA) is 58.0 Å². The summed E-state index contributed by atoms with van der Waals surface area (Å²) in [5, 5.41) is 3.17. The highest BCUT2D eigenvalue weighted by Gasteiger charge is 2.50. The van der Waals surface area contributed by atoms with Crippen molar-refractivity contribution in [3.63, 3.8) is 0 Å². The summed E-state index contributed by atoms with van der Waals surface area (Å²) < 4.78 is 11.2. The van der Waals surface area contributed by atoms with Gasteiger partial charge in [-0.3, -0.25) is 4.90 Å². The van der Waals surface area contributed by atoms with Crippen LogP contribution in [0.3, 0.4) is 0 Å². The zero-order valence-corrected chi connectivity index (χ0v) is 13.5. The maximum atomic E-state index is 12.3. The first-order valence-electron chi connectivity index (χ1n) is 8.60. The van der Waals surface area contributed by atoms with Crippen LogP contribution in [0.15, 0.2) is 22.8 Å². The van der Waals surface area contributed by atoms with E-state index in [2.05, 4.69) is 10.2 Å². The van der Waals surface area contributed by atoms with Crippen LogP contribution in [0.2, 0.25) is 0 Å². The maximum Gasteiger partial charge on any atom is 0.317 e. The molecule has 3 aliphatic rings. The number of carbonyl (C=O) groups excluding carboxylic acids is 1. The molecular formula is C17H25N3O3. The highest BCUT2D eigenvalue weighted by molar-refractivity contribution is 5.74. The van der Waals surface area contributed by atoms with Gasteiger partial charge in [-0.2, -0.15) is 0 Å². The smallest absolute Gasteiger partial charge is 0.317 e. The first-order valence-corrected chi connectivity index (χ1v) is 8.60. The summed E-state index contributed by atoms with van der Waals surface area (Å²) in [5.41, 5.74) is 0.0575. The van der Waals surface area contributed by atoms with Crippen LogP contribution in [-0.2, 0) is 11.3 Å². The Bertz CT molecular complexity index is 541. The van der Waals surface area contributed by atoms with E-state index in [-0.39, 0.29) is 11.4 Å². The van der Waals surface area contributed by atoms with Crippen molar-refractivity contribution in [2.45, 2.75) is 19.4 Å². The van der Waals surface area contributed by atoms with Crippen LogP contribution in [0.5, 0.6) is 0 Å². The third-order valence-electron chi connectivity index (χ3n) is 5.54. The van der Waals surface area contributed by atoms with E-state index in [4.69, 9.17) is 9.15 Å². The van der Waals surface area contributed by atoms with Gasteiger partial charge in [-0.15, -0.1) is 0 Å². The molecule has 2 atom stereocenters. The summed E-state index contributed by atoms with van der Waals surface area (Å²) in [6.45, 7) is 6.85. The predicted molar refractivity (Wildman–Crippen MR) is 84.9 cm³/mol. The molecule has 0 radical (unpaired) electrons. The van der Waals surface area contributed by atoms with Crippen LogP contribution in [0.4, 0.5) is 4.79 Å². The maximum absolute atomic E-state index is 12.3. The van der Waals surface area contributed by atoms with E-state index in [9.17, 15) is 4.79 Å². The minimum absolute atomic E-state index is 0.0575. The Morgan fingerprint density at radius 3 is 3.04 bits per heavy atom. The Balaban J connectivity index is 1.36. The van der Waals surface area contributed by atoms with E-state index in [0.717, 1.165) is 64.5 Å². The minimum Gasteiger partial charge on any atom is -0.468 e. The molecule has 1 aromatic rings. The molecule has 0 aromatic carbocycles. The number of ether oxygens (including phenoxy) is 1. The third kappa shape index (κ3) is 2.97. The summed E-state index contributed by atoms with van der Waals surface area (Å²) in [4.78, 5) is 16.6. The summed E-state index contributed by atoms with van der Waals surface area (Å²) >= 11 is 0. The molecule has 0 aliphatic carbocycles. The third-order valence-corrected chi connectivity index (χ3v) is 5.54. The van der Waals surface area contributed by atoms with Gasteiger partial charge in [0.05, 0.1) is 26.0 Å². The molecule has 4 rings (SSSR count). The Labute approximate surface area is 136 Å². The molecule has 6 heteroatoms. The SMILES string of the molecule is O=C(NC[C@]12COC[C@H]1CN(Cc1ccco1)C2)N1CCCC1. The standard InChI is InChI=1S/C17H25N3O3/c21-16(20-5-1-2-6-20)18-11-17-12-19(8-14(17)10-22-13-17)9-15-4-3-7-23-15/h3-4,7,14H,1-2,5-6,8-13H2,(H,18,21)/t14-,17+/m1/s1. The molecule has 3 fully saturated rings. The second-order valence-corrected chi connectivity index (χ2v) is 7.18. The van der Waals surface area contributed by atoms with E-state index < -0.39 is 0 Å². The second kappa shape index (κ2) is 6.17. The number of urea groups is 1. The number of amides is 2. The molecule has 0 spiro atoms. The molecule has 2 amide bonds. The molecule has 3 aliphatic heterocycles. The number of hydrogen-bond donors (Lipinski definition) is 1. The highest BCUT2D eigenvalue weighted by atomic mass is 16.5. The summed E-state index contributed by atoms with van der Waals surface area (Å²) in [5.74, 6) is 1.50. The Morgan fingerprint density at radius 1 is 1.39 bits per heavy atom. The normalized spacial score (nSPS) is 30.8. The van der Waals surface area contributed by atoms with Crippen molar-refractivity contribution in [2.24, 2.45) is 11.3 Å². The fraction of sp³-hybridized carbons (Fsp3) is 0.706. The molecule has 1 aromatic heterocycles. The molecule has 126 valence electrons. The van der Waals surface area contributed by atoms with E-state index in [0.29, 0.717) is 12.5 Å². The number of nitrogens with zero attached hydrogens (tertiary/aromatic N) is 2. The lowest BCUT2D eigenvalue weighted by molar-refractivity contribution is 0.123. The van der Waals surface area contributed by atoms with Crippen molar-refractivity contribution in [3.8, 4) is 0 Å². The van der Waals surface area contributed by atoms with Gasteiger partial charge in [0, 0.05) is 44.1 Å². The van der Waals surface area contributed by atoms with E-state index in [1.807, 2.05) is 17.0 Å². The average Bonchev–Trinajstić information content (AvgIpc) is 3.29. The van der Waals surface area contributed by atoms with Crippen molar-refractivity contribution in [2.75, 3.05) is 45.9 Å². The fourth-order valence-electron chi connectivity index (χ4n) is 4.22. The zero-order chi connectivity index (χ0) is 15.7. The van der Waals surface area contributed by atoms with Crippen LogP contribution in [0.1, 0.15) is 18.6 Å². The van der Waals surface area contributed by atoms with Gasteiger partial charge in [0.25, 0.3) is 0 Å². The Hall–Kier alpha value is -1.53. The number of nitrogens with one attached hydrogen (secondary N) is 1. The molecule has 4 heterocycles. The van der Waals surface area contributed by atoms with Crippen molar-refractivity contribution in [1.82, 2.24) is 15.1 Å². The molecule has 0 saturated carbocycles. The van der Waals surface area contributed by atoms with E-state index in [1.165, 1.54) is 0 Å². The van der Waals surface area contributed by atoms with E-state index in [1.54, 1.807) is 6.26 Å². The molecule has 23 heavy (non-hydrogen) atoms. The van der Waals surface area contributed by atoms with Crippen molar-refractivity contribution in [1.29, 1.82) is 0 Å². The van der Waals surface area contributed by atoms with Crippen molar-refractivity contribution >= 4 is 6.03 Å². The largest absolute Gasteiger partial charge is 0.468 e. The van der Waals surface area contributed by atoms with Crippen LogP contribution in [0.25, 0.3) is 0 Å². The van der Waals surface area contributed by atoms with Crippen LogP contribution < -0.4 is 5.32 Å². The van der Waals surface area contributed by atoms with Gasteiger partial charge in [0.15, 0.2) is 0 Å². The summed E-state index contributed by atoms with van der Waals surface area (Å²) in [6.07, 6.45) is 3.98. The number of fused-ring (bicyclic) bond motifs is 1. The quantitative estimate of drug-likeness (QED) is 0.914. The number of rotatable bonds is 4. The lowest BCUT2D eigenvalue weighted by atomic mass is 9.81. The number of hydrogen-bond acceptors (Lipinski definition) is 4. The molecule has 1 N–H and O–H groups in total. The monoisotopic (exact) mass is 319 g/mol. The van der Waals surface area contributed by atoms with Gasteiger partial charge in [-0.25, -0.2) is 4.79 Å². The van der Waals surface area contributed by atoms with Crippen molar-refractivity contribution < 1.29 is 13.9 Å². The van der Waals surface area contributed by atoms with Crippen LogP contribution in [-0.4, -0.2) is 61.8 Å². The number of likely N-dealkylation sites (tertiary alicyclic amines) is 2. The van der Waals surface area contributed by atoms with Gasteiger partial charge in [-0.05, 0) is 25.0 Å². The van der Waals surface area contributed by atoms with Gasteiger partial charge in [-0.1, -0.05) is 0 Å². The first kappa shape index (κ1) is 15.0. The number of furan rings is 1. The van der Waals surface area contributed by atoms with Gasteiger partial charge in [0.2, 0.25) is 0 Å². The zero-order valence-electron chi connectivity index (χ0n) is 13.5. The molecule has 3 saturated heterocycles.